The van der Waals surface area contributed by atoms with Crippen molar-refractivity contribution >= 4 is 11.6 Å². The van der Waals surface area contributed by atoms with Gasteiger partial charge in [-0.25, -0.2) is 0 Å². The van der Waals surface area contributed by atoms with Gasteiger partial charge in [0.25, 0.3) is 5.91 Å². The number of rotatable bonds is 3. The molecule has 0 radical (unpaired) electrons. The van der Waals surface area contributed by atoms with Gasteiger partial charge in [-0.15, -0.1) is 0 Å². The van der Waals surface area contributed by atoms with Crippen molar-refractivity contribution in [1.29, 1.82) is 0 Å². The van der Waals surface area contributed by atoms with Gasteiger partial charge in [-0.1, -0.05) is 19.9 Å². The molecule has 1 aromatic carbocycles. The molecular weight excluding hydrogens is 236 g/mol. The average Bonchev–Trinajstić information content (AvgIpc) is 2.87. The van der Waals surface area contributed by atoms with E-state index in [1.54, 1.807) is 0 Å². The number of likely N-dealkylation sites (tertiary alicyclic amines) is 1. The van der Waals surface area contributed by atoms with E-state index in [2.05, 4.69) is 19.2 Å². The standard InChI is InChI=1S/C16H24N2O/c1-11(2)13-7-8-18(10-13)16(19)14-6-5-12(3)9-15(14)17-4/h5-6,9,11,13,17H,7-8,10H2,1-4H3. The van der Waals surface area contributed by atoms with Crippen molar-refractivity contribution in [2.24, 2.45) is 11.8 Å². The predicted molar refractivity (Wildman–Crippen MR) is 79.6 cm³/mol. The molecule has 1 aliphatic heterocycles. The largest absolute Gasteiger partial charge is 0.387 e. The topological polar surface area (TPSA) is 32.3 Å². The minimum Gasteiger partial charge on any atom is -0.387 e. The Hall–Kier alpha value is -1.51. The van der Waals surface area contributed by atoms with Gasteiger partial charge in [0, 0.05) is 25.8 Å². The second-order valence-corrected chi connectivity index (χ2v) is 5.84. The van der Waals surface area contributed by atoms with Crippen molar-refractivity contribution in [3.63, 3.8) is 0 Å². The first-order chi connectivity index (χ1) is 9.02. The van der Waals surface area contributed by atoms with Gasteiger partial charge in [0.2, 0.25) is 0 Å². The normalized spacial score (nSPS) is 19.0. The van der Waals surface area contributed by atoms with Gasteiger partial charge in [-0.2, -0.15) is 0 Å². The van der Waals surface area contributed by atoms with Crippen LogP contribution in [0.5, 0.6) is 0 Å². The van der Waals surface area contributed by atoms with Gasteiger partial charge in [0.05, 0.1) is 5.56 Å². The predicted octanol–water partition coefficient (Wildman–Crippen LogP) is 3.15. The van der Waals surface area contributed by atoms with Gasteiger partial charge in [-0.3, -0.25) is 4.79 Å². The zero-order chi connectivity index (χ0) is 14.0. The van der Waals surface area contributed by atoms with Gasteiger partial charge in [0.1, 0.15) is 0 Å². The molecule has 1 atom stereocenters. The molecule has 1 saturated heterocycles. The lowest BCUT2D eigenvalue weighted by atomic mass is 9.95. The summed E-state index contributed by atoms with van der Waals surface area (Å²) < 4.78 is 0. The van der Waals surface area contributed by atoms with Crippen molar-refractivity contribution in [3.8, 4) is 0 Å². The number of carbonyl (C=O) groups excluding carboxylic acids is 1. The molecule has 0 saturated carbocycles. The molecule has 0 aromatic heterocycles. The Balaban J connectivity index is 2.17. The van der Waals surface area contributed by atoms with Crippen molar-refractivity contribution < 1.29 is 4.79 Å². The number of aryl methyl sites for hydroxylation is 1. The van der Waals surface area contributed by atoms with Crippen LogP contribution in [0.25, 0.3) is 0 Å². The molecule has 0 aliphatic carbocycles. The van der Waals surface area contributed by atoms with Gasteiger partial charge in [-0.05, 0) is 42.9 Å². The van der Waals surface area contributed by atoms with Crippen LogP contribution in [0, 0.1) is 18.8 Å². The molecule has 104 valence electrons. The monoisotopic (exact) mass is 260 g/mol. The molecule has 1 fully saturated rings. The van der Waals surface area contributed by atoms with Crippen LogP contribution in [0.2, 0.25) is 0 Å². The number of carbonyl (C=O) groups is 1. The highest BCUT2D eigenvalue weighted by Crippen LogP contribution is 2.27. The Morgan fingerprint density at radius 2 is 2.16 bits per heavy atom. The summed E-state index contributed by atoms with van der Waals surface area (Å²) in [5, 5.41) is 3.13. The van der Waals surface area contributed by atoms with Crippen LogP contribution in [-0.2, 0) is 0 Å². The molecule has 3 nitrogen and oxygen atoms in total. The van der Waals surface area contributed by atoms with E-state index in [1.807, 2.05) is 37.1 Å². The molecule has 1 N–H and O–H groups in total. The molecular formula is C16H24N2O. The minimum atomic E-state index is 0.160. The smallest absolute Gasteiger partial charge is 0.255 e. The molecule has 1 unspecified atom stereocenters. The minimum absolute atomic E-state index is 0.160. The molecule has 0 spiro atoms. The van der Waals surface area contributed by atoms with Crippen molar-refractivity contribution in [1.82, 2.24) is 4.90 Å². The SMILES string of the molecule is CNc1cc(C)ccc1C(=O)N1CCC(C(C)C)C1. The number of amides is 1. The van der Waals surface area contributed by atoms with Crippen LogP contribution in [0.1, 0.15) is 36.2 Å². The molecule has 1 aliphatic rings. The quantitative estimate of drug-likeness (QED) is 0.905. The number of anilines is 1. The first-order valence-electron chi connectivity index (χ1n) is 7.10. The van der Waals surface area contributed by atoms with E-state index in [0.717, 1.165) is 30.8 Å². The van der Waals surface area contributed by atoms with Gasteiger partial charge >= 0.3 is 0 Å². The first kappa shape index (κ1) is 13.9. The van der Waals surface area contributed by atoms with E-state index < -0.39 is 0 Å². The number of benzene rings is 1. The third kappa shape index (κ3) is 2.91. The molecule has 2 rings (SSSR count). The fourth-order valence-corrected chi connectivity index (χ4v) is 2.74. The Morgan fingerprint density at radius 1 is 1.42 bits per heavy atom. The Bertz CT molecular complexity index is 468. The maximum Gasteiger partial charge on any atom is 0.255 e. The maximum absolute atomic E-state index is 12.6. The Labute approximate surface area is 116 Å². The van der Waals surface area contributed by atoms with Crippen molar-refractivity contribution in [2.75, 3.05) is 25.5 Å². The third-order valence-corrected chi connectivity index (χ3v) is 4.13. The van der Waals surface area contributed by atoms with Crippen LogP contribution in [-0.4, -0.2) is 30.9 Å². The van der Waals surface area contributed by atoms with E-state index in [9.17, 15) is 4.79 Å². The average molecular weight is 260 g/mol. The molecule has 1 aromatic rings. The summed E-state index contributed by atoms with van der Waals surface area (Å²) in [7, 11) is 1.87. The Morgan fingerprint density at radius 3 is 2.74 bits per heavy atom. The molecule has 3 heteroatoms. The summed E-state index contributed by atoms with van der Waals surface area (Å²) in [6.45, 7) is 8.30. The van der Waals surface area contributed by atoms with E-state index in [-0.39, 0.29) is 5.91 Å². The molecule has 1 heterocycles. The highest BCUT2D eigenvalue weighted by Gasteiger charge is 2.29. The van der Waals surface area contributed by atoms with Crippen LogP contribution in [0.15, 0.2) is 18.2 Å². The van der Waals surface area contributed by atoms with Crippen LogP contribution in [0.3, 0.4) is 0 Å². The lowest BCUT2D eigenvalue weighted by molar-refractivity contribution is 0.0785. The summed E-state index contributed by atoms with van der Waals surface area (Å²) in [4.78, 5) is 14.6. The highest BCUT2D eigenvalue weighted by molar-refractivity contribution is 5.99. The summed E-state index contributed by atoms with van der Waals surface area (Å²) >= 11 is 0. The molecule has 19 heavy (non-hydrogen) atoms. The fraction of sp³-hybridized carbons (Fsp3) is 0.562. The van der Waals surface area contributed by atoms with E-state index in [0.29, 0.717) is 11.8 Å². The van der Waals surface area contributed by atoms with E-state index in [4.69, 9.17) is 0 Å². The lowest BCUT2D eigenvalue weighted by Crippen LogP contribution is -2.29. The second-order valence-electron chi connectivity index (χ2n) is 5.84. The van der Waals surface area contributed by atoms with Crippen LogP contribution < -0.4 is 5.32 Å². The van der Waals surface area contributed by atoms with Crippen LogP contribution in [0.4, 0.5) is 5.69 Å². The zero-order valence-corrected chi connectivity index (χ0v) is 12.4. The maximum atomic E-state index is 12.6. The number of nitrogens with zero attached hydrogens (tertiary/aromatic N) is 1. The Kier molecular flexibility index (Phi) is 4.13. The summed E-state index contributed by atoms with van der Waals surface area (Å²) in [6, 6.07) is 5.97. The molecule has 1 amide bonds. The number of hydrogen-bond donors (Lipinski definition) is 1. The molecule has 0 bridgehead atoms. The fourth-order valence-electron chi connectivity index (χ4n) is 2.74. The van der Waals surface area contributed by atoms with E-state index >= 15 is 0 Å². The summed E-state index contributed by atoms with van der Waals surface area (Å²) in [6.07, 6.45) is 1.13. The van der Waals surface area contributed by atoms with Gasteiger partial charge < -0.3 is 10.2 Å². The second kappa shape index (κ2) is 5.64. The van der Waals surface area contributed by atoms with Crippen molar-refractivity contribution in [2.45, 2.75) is 27.2 Å². The summed E-state index contributed by atoms with van der Waals surface area (Å²) in [5.74, 6) is 1.46. The highest BCUT2D eigenvalue weighted by atomic mass is 16.2. The van der Waals surface area contributed by atoms with Crippen molar-refractivity contribution in [3.05, 3.63) is 29.3 Å². The first-order valence-corrected chi connectivity index (χ1v) is 7.10. The van der Waals surface area contributed by atoms with E-state index in [1.165, 1.54) is 5.56 Å². The third-order valence-electron chi connectivity index (χ3n) is 4.13. The van der Waals surface area contributed by atoms with Gasteiger partial charge in [0.15, 0.2) is 0 Å². The lowest BCUT2D eigenvalue weighted by Gasteiger charge is -2.20. The van der Waals surface area contributed by atoms with Crippen LogP contribution >= 0.6 is 0 Å². The number of hydrogen-bond acceptors (Lipinski definition) is 2. The number of nitrogens with one attached hydrogen (secondary N) is 1. The summed E-state index contributed by atoms with van der Waals surface area (Å²) in [5.41, 5.74) is 2.89. The zero-order valence-electron chi connectivity index (χ0n) is 12.4.